The van der Waals surface area contributed by atoms with Crippen LogP contribution >= 0.6 is 0 Å². The first-order valence-electron chi connectivity index (χ1n) is 8.35. The van der Waals surface area contributed by atoms with E-state index in [9.17, 15) is 30.3 Å². The van der Waals surface area contributed by atoms with Gasteiger partial charge in [-0.2, -0.15) is 0 Å². The molecule has 1 aromatic rings. The Morgan fingerprint density at radius 3 is 2.37 bits per heavy atom. The van der Waals surface area contributed by atoms with Crippen LogP contribution in [0.5, 0.6) is 17.2 Å². The fourth-order valence-electron chi connectivity index (χ4n) is 3.58. The maximum Gasteiger partial charge on any atom is 0.339 e. The molecule has 0 radical (unpaired) electrons. The minimum absolute atomic E-state index is 0.0212. The molecule has 0 spiro atoms. The van der Waals surface area contributed by atoms with Crippen LogP contribution in [0.3, 0.4) is 0 Å². The number of methoxy groups -OCH3 is 1. The molecule has 0 aliphatic carbocycles. The van der Waals surface area contributed by atoms with Crippen LogP contribution in [0.4, 0.5) is 0 Å². The average molecular weight is 385 g/mol. The Kier molecular flexibility index (Phi) is 5.19. The molecular formula is C17H23NO9. The Balaban J connectivity index is 2.24. The van der Waals surface area contributed by atoms with Crippen LogP contribution in [0.2, 0.25) is 0 Å². The first-order chi connectivity index (χ1) is 12.7. The van der Waals surface area contributed by atoms with Gasteiger partial charge in [0.15, 0.2) is 17.6 Å². The number of hydrogen-bond donors (Lipinski definition) is 5. The van der Waals surface area contributed by atoms with Crippen molar-refractivity contribution in [3.05, 3.63) is 16.7 Å². The zero-order valence-electron chi connectivity index (χ0n) is 15.1. The molecule has 150 valence electrons. The monoisotopic (exact) mass is 385 g/mol. The molecule has 2 aliphatic rings. The van der Waals surface area contributed by atoms with Crippen LogP contribution in [0.25, 0.3) is 0 Å². The van der Waals surface area contributed by atoms with Crippen molar-refractivity contribution in [2.75, 3.05) is 27.8 Å². The summed E-state index contributed by atoms with van der Waals surface area (Å²) in [5, 5.41) is 50.9. The molecule has 10 nitrogen and oxygen atoms in total. The molecule has 0 bridgehead atoms. The van der Waals surface area contributed by atoms with Crippen molar-refractivity contribution in [3.8, 4) is 17.2 Å². The quantitative estimate of drug-likeness (QED) is 0.403. The molecule has 1 fully saturated rings. The van der Waals surface area contributed by atoms with Crippen molar-refractivity contribution in [1.82, 2.24) is 4.90 Å². The molecule has 0 unspecified atom stereocenters. The molecule has 2 aliphatic heterocycles. The van der Waals surface area contributed by atoms with E-state index < -0.39 is 54.6 Å². The molecule has 27 heavy (non-hydrogen) atoms. The van der Waals surface area contributed by atoms with Gasteiger partial charge >= 0.3 is 5.97 Å². The number of aliphatic hydroxyl groups excluding tert-OH is 3. The molecular weight excluding hydrogens is 362 g/mol. The normalized spacial score (nSPS) is 29.9. The Morgan fingerprint density at radius 2 is 1.81 bits per heavy atom. The number of rotatable bonds is 4. The fourth-order valence-corrected chi connectivity index (χ4v) is 3.58. The van der Waals surface area contributed by atoms with Crippen LogP contribution in [-0.4, -0.2) is 88.6 Å². The first-order valence-corrected chi connectivity index (χ1v) is 8.35. The highest BCUT2D eigenvalue weighted by atomic mass is 16.6. The van der Waals surface area contributed by atoms with Crippen molar-refractivity contribution in [3.63, 3.8) is 0 Å². The molecule has 0 amide bonds. The Labute approximate surface area is 155 Å². The lowest BCUT2D eigenvalue weighted by Gasteiger charge is -2.45. The van der Waals surface area contributed by atoms with Gasteiger partial charge in [-0.05, 0) is 14.1 Å². The zero-order chi connectivity index (χ0) is 20.0. The fraction of sp³-hybridized carbons (Fsp3) is 0.588. The summed E-state index contributed by atoms with van der Waals surface area (Å²) in [5.41, 5.74) is 0.0473. The molecule has 2 heterocycles. The van der Waals surface area contributed by atoms with Crippen LogP contribution in [-0.2, 0) is 16.0 Å². The molecule has 3 rings (SSSR count). The van der Waals surface area contributed by atoms with Crippen molar-refractivity contribution in [2.45, 2.75) is 37.1 Å². The summed E-state index contributed by atoms with van der Waals surface area (Å²) in [7, 11) is 4.69. The highest BCUT2D eigenvalue weighted by Crippen LogP contribution is 2.52. The summed E-state index contributed by atoms with van der Waals surface area (Å²) < 4.78 is 16.0. The number of aromatic hydroxyl groups is 2. The van der Waals surface area contributed by atoms with Gasteiger partial charge in [0.1, 0.15) is 24.4 Å². The van der Waals surface area contributed by atoms with E-state index in [1.807, 2.05) is 0 Å². The minimum atomic E-state index is -1.53. The van der Waals surface area contributed by atoms with Crippen molar-refractivity contribution >= 4 is 5.97 Å². The van der Waals surface area contributed by atoms with Gasteiger partial charge in [-0.3, -0.25) is 0 Å². The van der Waals surface area contributed by atoms with Gasteiger partial charge in [-0.1, -0.05) is 0 Å². The van der Waals surface area contributed by atoms with E-state index >= 15 is 0 Å². The van der Waals surface area contributed by atoms with Gasteiger partial charge in [0, 0.05) is 17.7 Å². The summed E-state index contributed by atoms with van der Waals surface area (Å²) in [5.74, 6) is -2.06. The second-order valence-corrected chi connectivity index (χ2v) is 6.86. The predicted molar refractivity (Wildman–Crippen MR) is 89.6 cm³/mol. The second-order valence-electron chi connectivity index (χ2n) is 6.86. The van der Waals surface area contributed by atoms with Gasteiger partial charge < -0.3 is 44.6 Å². The van der Waals surface area contributed by atoms with E-state index in [1.165, 1.54) is 7.11 Å². The second kappa shape index (κ2) is 7.13. The van der Waals surface area contributed by atoms with E-state index in [0.717, 1.165) is 0 Å². The number of aliphatic hydroxyl groups is 3. The Bertz CT molecular complexity index is 751. The number of phenols is 2. The number of ether oxygens (including phenoxy) is 3. The number of carbonyl (C=O) groups excluding carboxylic acids is 1. The van der Waals surface area contributed by atoms with E-state index in [2.05, 4.69) is 0 Å². The zero-order valence-corrected chi connectivity index (χ0v) is 15.1. The lowest BCUT2D eigenvalue weighted by Crippen LogP contribution is -2.58. The number of nitrogens with zero attached hydrogens (tertiary/aromatic N) is 1. The average Bonchev–Trinajstić information content (AvgIpc) is 2.61. The van der Waals surface area contributed by atoms with Crippen LogP contribution in [0.1, 0.15) is 27.6 Å². The summed E-state index contributed by atoms with van der Waals surface area (Å²) >= 11 is 0. The smallest absolute Gasteiger partial charge is 0.339 e. The molecule has 0 aromatic heterocycles. The molecule has 5 N–H and O–H groups in total. The third-order valence-electron chi connectivity index (χ3n) is 4.82. The van der Waals surface area contributed by atoms with E-state index in [-0.39, 0.29) is 29.0 Å². The molecule has 0 saturated carbocycles. The van der Waals surface area contributed by atoms with Gasteiger partial charge in [0.05, 0.1) is 19.3 Å². The summed E-state index contributed by atoms with van der Waals surface area (Å²) in [6.07, 6.45) is -6.62. The van der Waals surface area contributed by atoms with Gasteiger partial charge in [0.25, 0.3) is 0 Å². The molecule has 5 atom stereocenters. The molecule has 10 heteroatoms. The highest BCUT2D eigenvalue weighted by molar-refractivity contribution is 5.97. The number of esters is 1. The highest BCUT2D eigenvalue weighted by Gasteiger charge is 2.52. The Hall–Kier alpha value is -2.11. The van der Waals surface area contributed by atoms with Crippen LogP contribution in [0.15, 0.2) is 0 Å². The van der Waals surface area contributed by atoms with Crippen molar-refractivity contribution in [2.24, 2.45) is 0 Å². The maximum atomic E-state index is 12.6. The number of benzene rings is 1. The summed E-state index contributed by atoms with van der Waals surface area (Å²) in [6, 6.07) is 0. The largest absolute Gasteiger partial charge is 0.504 e. The molecule has 1 saturated heterocycles. The van der Waals surface area contributed by atoms with Gasteiger partial charge in [-0.25, -0.2) is 4.79 Å². The predicted octanol–water partition coefficient (Wildman–Crippen LogP) is -1.14. The topological polar surface area (TPSA) is 149 Å². The third-order valence-corrected chi connectivity index (χ3v) is 4.82. The number of hydrogen-bond acceptors (Lipinski definition) is 10. The van der Waals surface area contributed by atoms with E-state index in [0.29, 0.717) is 0 Å². The third kappa shape index (κ3) is 2.99. The van der Waals surface area contributed by atoms with Gasteiger partial charge in [-0.15, -0.1) is 0 Å². The minimum Gasteiger partial charge on any atom is -0.504 e. The van der Waals surface area contributed by atoms with E-state index in [4.69, 9.17) is 14.2 Å². The lowest BCUT2D eigenvalue weighted by atomic mass is 9.84. The summed E-state index contributed by atoms with van der Waals surface area (Å²) in [6.45, 7) is -0.461. The summed E-state index contributed by atoms with van der Waals surface area (Å²) in [4.78, 5) is 14.3. The van der Waals surface area contributed by atoms with Crippen molar-refractivity contribution < 1.29 is 44.5 Å². The first kappa shape index (κ1) is 19.6. The van der Waals surface area contributed by atoms with Crippen molar-refractivity contribution in [1.29, 1.82) is 0 Å². The number of carbonyl (C=O) groups is 1. The lowest BCUT2D eigenvalue weighted by molar-refractivity contribution is -0.235. The number of phenolic OH excluding ortho intramolecular Hbond substituents is 2. The van der Waals surface area contributed by atoms with Crippen LogP contribution in [0, 0.1) is 0 Å². The molecule has 1 aromatic carbocycles. The maximum absolute atomic E-state index is 12.6. The standard InChI is InChI=1S/C17H23NO9/c1-18(2)4-6-8-9(12(22)15(25-3)10(6)20)14-16(27-17(8)24)13(23)11(21)7(5-19)26-14/h7,11,13-14,16,19-23H,4-5H2,1-3H3/t7-,11-,13+,14+,16-/m1/s1. The SMILES string of the molecule is COc1c(O)c(CN(C)C)c2c(c1O)[C@@H]1O[C@H](CO)[C@@H](O)[C@H](O)[C@H]1OC2=O. The Morgan fingerprint density at radius 1 is 1.15 bits per heavy atom. The number of fused-ring (bicyclic) bond motifs is 3. The van der Waals surface area contributed by atoms with E-state index in [1.54, 1.807) is 19.0 Å². The van der Waals surface area contributed by atoms with Crippen LogP contribution < -0.4 is 4.74 Å². The van der Waals surface area contributed by atoms with Gasteiger partial charge in [0.2, 0.25) is 5.75 Å².